The molecule has 2 aromatic carbocycles. The smallest absolute Gasteiger partial charge is 0.420 e. The largest absolute Gasteiger partial charge is 0.479 e. The van der Waals surface area contributed by atoms with E-state index in [-0.39, 0.29) is 16.5 Å². The quantitative estimate of drug-likeness (QED) is 0.684. The molecule has 0 amide bonds. The lowest BCUT2D eigenvalue weighted by molar-refractivity contribution is -0.148. The number of carbonyl (C=O) groups is 1. The highest BCUT2D eigenvalue weighted by molar-refractivity contribution is 6.30. The molecule has 2 aromatic rings. The van der Waals surface area contributed by atoms with Gasteiger partial charge in [0.15, 0.2) is 6.10 Å². The van der Waals surface area contributed by atoms with Crippen molar-refractivity contribution >= 4 is 17.6 Å². The topological polar surface area (TPSA) is 44.8 Å². The number of carbonyl (C=O) groups excluding carboxylic acids is 1. The van der Waals surface area contributed by atoms with Gasteiger partial charge in [-0.15, -0.1) is 0 Å². The number of rotatable bonds is 5. The zero-order valence-electron chi connectivity index (χ0n) is 13.3. The summed E-state index contributed by atoms with van der Waals surface area (Å²) < 4.78 is 54.3. The van der Waals surface area contributed by atoms with E-state index >= 15 is 0 Å². The Morgan fingerprint density at radius 3 is 2.24 bits per heavy atom. The van der Waals surface area contributed by atoms with Crippen molar-refractivity contribution in [2.24, 2.45) is 0 Å². The second-order valence-electron chi connectivity index (χ2n) is 4.99. The number of halogens is 4. The van der Waals surface area contributed by atoms with Crippen LogP contribution in [0.5, 0.6) is 17.2 Å². The first-order valence-electron chi connectivity index (χ1n) is 7.10. The van der Waals surface area contributed by atoms with Crippen LogP contribution in [0.15, 0.2) is 42.5 Å². The van der Waals surface area contributed by atoms with Crippen LogP contribution in [0.3, 0.4) is 0 Å². The molecular formula is C17H14ClF3O4. The average molecular weight is 375 g/mol. The summed E-state index contributed by atoms with van der Waals surface area (Å²) in [4.78, 5) is 11.3. The number of methoxy groups -OCH3 is 1. The van der Waals surface area contributed by atoms with Crippen LogP contribution in [0.1, 0.15) is 12.5 Å². The number of benzene rings is 2. The van der Waals surface area contributed by atoms with Gasteiger partial charge in [0.2, 0.25) is 0 Å². The third-order valence-electron chi connectivity index (χ3n) is 3.14. The summed E-state index contributed by atoms with van der Waals surface area (Å²) >= 11 is 5.62. The molecule has 0 aliphatic carbocycles. The number of alkyl halides is 3. The van der Waals surface area contributed by atoms with Gasteiger partial charge in [-0.3, -0.25) is 0 Å². The lowest BCUT2D eigenvalue weighted by Crippen LogP contribution is -2.24. The van der Waals surface area contributed by atoms with Crippen molar-refractivity contribution in [1.82, 2.24) is 0 Å². The van der Waals surface area contributed by atoms with Crippen molar-refractivity contribution < 1.29 is 32.2 Å². The maximum absolute atomic E-state index is 13.0. The van der Waals surface area contributed by atoms with Crippen LogP contribution in [-0.4, -0.2) is 19.2 Å². The predicted octanol–water partition coefficient (Wildman–Crippen LogP) is 5.09. The van der Waals surface area contributed by atoms with Crippen LogP contribution in [0.25, 0.3) is 0 Å². The zero-order valence-corrected chi connectivity index (χ0v) is 14.0. The Bertz CT molecular complexity index is 745. The third kappa shape index (κ3) is 5.03. The molecule has 134 valence electrons. The van der Waals surface area contributed by atoms with Crippen LogP contribution in [0.2, 0.25) is 5.02 Å². The molecule has 0 saturated carbocycles. The van der Waals surface area contributed by atoms with E-state index in [9.17, 15) is 18.0 Å². The molecule has 1 atom stereocenters. The van der Waals surface area contributed by atoms with E-state index in [1.54, 1.807) is 0 Å². The lowest BCUT2D eigenvalue weighted by atomic mass is 10.2. The van der Waals surface area contributed by atoms with Crippen molar-refractivity contribution in [1.29, 1.82) is 0 Å². The van der Waals surface area contributed by atoms with Gasteiger partial charge >= 0.3 is 12.1 Å². The van der Waals surface area contributed by atoms with Gasteiger partial charge in [0.25, 0.3) is 0 Å². The summed E-state index contributed by atoms with van der Waals surface area (Å²) in [6.07, 6.45) is -5.41. The fourth-order valence-electron chi connectivity index (χ4n) is 1.94. The molecule has 25 heavy (non-hydrogen) atoms. The summed E-state index contributed by atoms with van der Waals surface area (Å²) in [5, 5.41) is -0.0415. The fourth-order valence-corrected chi connectivity index (χ4v) is 2.12. The van der Waals surface area contributed by atoms with Gasteiger partial charge in [-0.05, 0) is 49.4 Å². The van der Waals surface area contributed by atoms with Crippen LogP contribution >= 0.6 is 11.6 Å². The fraction of sp³-hybridized carbons (Fsp3) is 0.235. The molecule has 8 heteroatoms. The maximum atomic E-state index is 13.0. The van der Waals surface area contributed by atoms with Gasteiger partial charge < -0.3 is 14.2 Å². The molecule has 0 radical (unpaired) electrons. The molecule has 0 heterocycles. The van der Waals surface area contributed by atoms with Gasteiger partial charge in [0, 0.05) is 5.02 Å². The average Bonchev–Trinajstić information content (AvgIpc) is 2.56. The van der Waals surface area contributed by atoms with Gasteiger partial charge in [0.05, 0.1) is 12.7 Å². The van der Waals surface area contributed by atoms with Crippen molar-refractivity contribution in [2.45, 2.75) is 19.2 Å². The van der Waals surface area contributed by atoms with Crippen molar-refractivity contribution in [3.8, 4) is 17.2 Å². The molecule has 0 aliphatic rings. The van der Waals surface area contributed by atoms with Crippen molar-refractivity contribution in [2.75, 3.05) is 7.11 Å². The summed E-state index contributed by atoms with van der Waals surface area (Å²) in [6.45, 7) is 1.51. The van der Waals surface area contributed by atoms with Crippen LogP contribution < -0.4 is 9.47 Å². The Morgan fingerprint density at radius 2 is 1.68 bits per heavy atom. The molecule has 4 nitrogen and oxygen atoms in total. The van der Waals surface area contributed by atoms with E-state index < -0.39 is 23.8 Å². The molecule has 0 N–H and O–H groups in total. The Kier molecular flexibility index (Phi) is 5.79. The first-order chi connectivity index (χ1) is 11.7. The summed E-state index contributed by atoms with van der Waals surface area (Å²) in [6, 6.07) is 9.04. The monoisotopic (exact) mass is 374 g/mol. The number of ether oxygens (including phenoxy) is 3. The van der Waals surface area contributed by atoms with E-state index in [0.717, 1.165) is 12.1 Å². The number of hydrogen-bond acceptors (Lipinski definition) is 4. The molecule has 0 spiro atoms. The molecule has 0 fully saturated rings. The van der Waals surface area contributed by atoms with Gasteiger partial charge in [-0.2, -0.15) is 13.2 Å². The maximum Gasteiger partial charge on any atom is 0.420 e. The highest BCUT2D eigenvalue weighted by atomic mass is 35.5. The highest BCUT2D eigenvalue weighted by Gasteiger charge is 2.34. The second kappa shape index (κ2) is 7.65. The standard InChI is InChI=1S/C17H14ClF3O4/c1-10(16(22)23-2)24-12-4-6-13(7-5-12)25-15-8-3-11(18)9-14(15)17(19,20)21/h3-10H,1-2H3. The van der Waals surface area contributed by atoms with E-state index in [4.69, 9.17) is 21.1 Å². The molecule has 2 rings (SSSR count). The molecular weight excluding hydrogens is 361 g/mol. The second-order valence-corrected chi connectivity index (χ2v) is 5.43. The molecule has 0 aliphatic heterocycles. The minimum Gasteiger partial charge on any atom is -0.479 e. The number of hydrogen-bond donors (Lipinski definition) is 0. The minimum atomic E-state index is -4.60. The third-order valence-corrected chi connectivity index (χ3v) is 3.38. The summed E-state index contributed by atoms with van der Waals surface area (Å²) in [5.74, 6) is -0.395. The first kappa shape index (κ1) is 18.9. The Balaban J connectivity index is 2.16. The van der Waals surface area contributed by atoms with Crippen LogP contribution in [0, 0.1) is 0 Å². The van der Waals surface area contributed by atoms with Gasteiger partial charge in [0.1, 0.15) is 17.2 Å². The number of esters is 1. The van der Waals surface area contributed by atoms with E-state index in [1.807, 2.05) is 0 Å². The Labute approximate surface area is 147 Å². The first-order valence-corrected chi connectivity index (χ1v) is 7.47. The zero-order chi connectivity index (χ0) is 18.6. The van der Waals surface area contributed by atoms with Crippen LogP contribution in [-0.2, 0) is 15.7 Å². The van der Waals surface area contributed by atoms with Crippen molar-refractivity contribution in [3.63, 3.8) is 0 Å². The van der Waals surface area contributed by atoms with Crippen LogP contribution in [0.4, 0.5) is 13.2 Å². The van der Waals surface area contributed by atoms with E-state index in [1.165, 1.54) is 44.4 Å². The molecule has 0 saturated heterocycles. The van der Waals surface area contributed by atoms with E-state index in [0.29, 0.717) is 5.75 Å². The SMILES string of the molecule is COC(=O)C(C)Oc1ccc(Oc2ccc(Cl)cc2C(F)(F)F)cc1. The lowest BCUT2D eigenvalue weighted by Gasteiger charge is -2.15. The Hall–Kier alpha value is -2.41. The normalized spacial score (nSPS) is 12.4. The molecule has 0 bridgehead atoms. The summed E-state index contributed by atoms with van der Waals surface area (Å²) in [5.41, 5.74) is -0.973. The summed E-state index contributed by atoms with van der Waals surface area (Å²) in [7, 11) is 1.24. The highest BCUT2D eigenvalue weighted by Crippen LogP contribution is 2.39. The minimum absolute atomic E-state index is 0.0415. The Morgan fingerprint density at radius 1 is 1.08 bits per heavy atom. The molecule has 1 unspecified atom stereocenters. The van der Waals surface area contributed by atoms with Crippen molar-refractivity contribution in [3.05, 3.63) is 53.1 Å². The van der Waals surface area contributed by atoms with Gasteiger partial charge in [-0.25, -0.2) is 4.79 Å². The predicted molar refractivity (Wildman–Crippen MR) is 85.1 cm³/mol. The van der Waals surface area contributed by atoms with Gasteiger partial charge in [-0.1, -0.05) is 11.6 Å². The van der Waals surface area contributed by atoms with E-state index in [2.05, 4.69) is 4.74 Å². The molecule has 0 aromatic heterocycles.